The predicted octanol–water partition coefficient (Wildman–Crippen LogP) is 2.59. The minimum Gasteiger partial charge on any atom is -0.497 e. The van der Waals surface area contributed by atoms with Crippen molar-refractivity contribution in [3.8, 4) is 11.5 Å². The van der Waals surface area contributed by atoms with Gasteiger partial charge >= 0.3 is 5.97 Å². The van der Waals surface area contributed by atoms with Crippen molar-refractivity contribution in [3.63, 3.8) is 0 Å². The van der Waals surface area contributed by atoms with Crippen molar-refractivity contribution >= 4 is 23.7 Å². The van der Waals surface area contributed by atoms with Crippen molar-refractivity contribution in [2.75, 3.05) is 20.8 Å². The number of rotatable bonds is 8. The van der Waals surface area contributed by atoms with E-state index in [-0.39, 0.29) is 24.3 Å². The van der Waals surface area contributed by atoms with Gasteiger partial charge in [0.15, 0.2) is 0 Å². The number of hydrogen-bond acceptors (Lipinski definition) is 7. The fourth-order valence-electron chi connectivity index (χ4n) is 4.53. The van der Waals surface area contributed by atoms with Gasteiger partial charge in [-0.3, -0.25) is 19.3 Å². The van der Waals surface area contributed by atoms with E-state index < -0.39 is 35.8 Å². The maximum atomic E-state index is 13.4. The Morgan fingerprint density at radius 1 is 1.00 bits per heavy atom. The van der Waals surface area contributed by atoms with Crippen LogP contribution in [0.3, 0.4) is 0 Å². The molecule has 2 atom stereocenters. The molecular weight excluding hydrogens is 452 g/mol. The predicted molar refractivity (Wildman–Crippen MR) is 125 cm³/mol. The molecule has 0 unspecified atom stereocenters. The van der Waals surface area contributed by atoms with Crippen LogP contribution in [-0.2, 0) is 20.9 Å². The summed E-state index contributed by atoms with van der Waals surface area (Å²) in [5.74, 6) is -0.906. The minimum absolute atomic E-state index is 0.143. The summed E-state index contributed by atoms with van der Waals surface area (Å²) in [5, 5.41) is 0. The summed E-state index contributed by atoms with van der Waals surface area (Å²) in [4.78, 5) is 54.3. The number of amides is 3. The maximum absolute atomic E-state index is 13.4. The number of methoxy groups -OCH3 is 2. The van der Waals surface area contributed by atoms with Gasteiger partial charge in [-0.2, -0.15) is 0 Å². The van der Waals surface area contributed by atoms with E-state index in [0.29, 0.717) is 22.6 Å². The molecule has 0 N–H and O–H groups in total. The number of nitrogens with zero attached hydrogens (tertiary/aromatic N) is 2. The lowest BCUT2D eigenvalue weighted by Crippen LogP contribution is -2.71. The summed E-state index contributed by atoms with van der Waals surface area (Å²) in [5.41, 5.74) is 1.71. The van der Waals surface area contributed by atoms with Gasteiger partial charge in [0.25, 0.3) is 11.8 Å². The van der Waals surface area contributed by atoms with Crippen molar-refractivity contribution in [1.82, 2.24) is 9.80 Å². The van der Waals surface area contributed by atoms with Crippen LogP contribution in [0.2, 0.25) is 0 Å². The van der Waals surface area contributed by atoms with Crippen LogP contribution >= 0.6 is 0 Å². The molecule has 0 radical (unpaired) electrons. The number of esters is 1. The largest absolute Gasteiger partial charge is 0.497 e. The van der Waals surface area contributed by atoms with Gasteiger partial charge in [-0.05, 0) is 43.7 Å². The molecule has 1 saturated heterocycles. The van der Waals surface area contributed by atoms with Crippen LogP contribution in [0.4, 0.5) is 0 Å². The van der Waals surface area contributed by atoms with E-state index >= 15 is 0 Å². The number of carbonyl (C=O) groups is 4. The van der Waals surface area contributed by atoms with Gasteiger partial charge in [-0.25, -0.2) is 4.79 Å². The third-order valence-electron chi connectivity index (χ3n) is 6.21. The Bertz CT molecular complexity index is 1200. The van der Waals surface area contributed by atoms with Gasteiger partial charge in [-0.15, -0.1) is 0 Å². The van der Waals surface area contributed by atoms with Gasteiger partial charge in [0.1, 0.15) is 17.5 Å². The van der Waals surface area contributed by atoms with Crippen LogP contribution < -0.4 is 9.47 Å². The number of β-lactam (4-membered cyclic amide) rings is 1. The quantitative estimate of drug-likeness (QED) is 0.249. The highest BCUT2D eigenvalue weighted by atomic mass is 16.5. The molecule has 2 aromatic rings. The Hall–Kier alpha value is -4.14. The van der Waals surface area contributed by atoms with Crippen LogP contribution in [0, 0.1) is 0 Å². The molecule has 2 aromatic carbocycles. The molecule has 9 nitrogen and oxygen atoms in total. The number of ether oxygens (including phenoxy) is 3. The van der Waals surface area contributed by atoms with Gasteiger partial charge in [0, 0.05) is 17.7 Å². The first-order valence-electron chi connectivity index (χ1n) is 11.2. The molecule has 2 aliphatic rings. The fourth-order valence-corrected chi connectivity index (χ4v) is 4.53. The molecule has 0 spiro atoms. The van der Waals surface area contributed by atoms with Crippen molar-refractivity contribution < 1.29 is 33.4 Å². The molecule has 0 aromatic heterocycles. The normalized spacial score (nSPS) is 19.4. The number of carbonyl (C=O) groups excluding carboxylic acids is 4. The van der Waals surface area contributed by atoms with E-state index in [1.54, 1.807) is 63.4 Å². The minimum atomic E-state index is -1.07. The van der Waals surface area contributed by atoms with Gasteiger partial charge in [0.05, 0.1) is 44.5 Å². The molecule has 9 heteroatoms. The molecule has 0 saturated carbocycles. The summed E-state index contributed by atoms with van der Waals surface area (Å²) in [6, 6.07) is 9.92. The van der Waals surface area contributed by atoms with Gasteiger partial charge in [-0.1, -0.05) is 12.1 Å². The van der Waals surface area contributed by atoms with Crippen molar-refractivity contribution in [2.24, 2.45) is 0 Å². The molecule has 0 aliphatic carbocycles. The molecule has 182 valence electrons. The zero-order valence-electron chi connectivity index (χ0n) is 19.9. The molecule has 0 bridgehead atoms. The van der Waals surface area contributed by atoms with Crippen LogP contribution in [0.5, 0.6) is 11.5 Å². The third-order valence-corrected chi connectivity index (χ3v) is 6.21. The van der Waals surface area contributed by atoms with Crippen molar-refractivity contribution in [1.29, 1.82) is 0 Å². The molecule has 35 heavy (non-hydrogen) atoms. The zero-order valence-corrected chi connectivity index (χ0v) is 19.9. The standard InChI is InChI=1S/C26H26N2O7/c1-5-35-21(29)12-15(2)22-23(28-24(30)18-8-6-7-9-19(18)25(28)31)26(32)27(22)14-16-10-11-17(33-3)13-20(16)34-4/h6-13,22-23H,5,14H2,1-4H3/b15-12+/t22-,23+/m1/s1. The first-order chi connectivity index (χ1) is 16.8. The Kier molecular flexibility index (Phi) is 6.59. The van der Waals surface area contributed by atoms with Gasteiger partial charge in [0.2, 0.25) is 5.91 Å². The highest BCUT2D eigenvalue weighted by Gasteiger charge is 2.56. The monoisotopic (exact) mass is 478 g/mol. The van der Waals surface area contributed by atoms with Crippen molar-refractivity contribution in [2.45, 2.75) is 32.5 Å². The molecule has 2 heterocycles. The average molecular weight is 479 g/mol. The number of likely N-dealkylation sites (tertiary alicyclic amines) is 1. The summed E-state index contributed by atoms with van der Waals surface area (Å²) < 4.78 is 15.7. The Balaban J connectivity index is 1.70. The molecule has 4 rings (SSSR count). The van der Waals surface area contributed by atoms with Crippen LogP contribution in [0.25, 0.3) is 0 Å². The Morgan fingerprint density at radius 2 is 1.66 bits per heavy atom. The molecule has 2 aliphatic heterocycles. The summed E-state index contributed by atoms with van der Waals surface area (Å²) in [7, 11) is 3.06. The van der Waals surface area contributed by atoms with E-state index in [1.807, 2.05) is 0 Å². The van der Waals surface area contributed by atoms with E-state index in [9.17, 15) is 19.2 Å². The van der Waals surface area contributed by atoms with E-state index in [0.717, 1.165) is 4.90 Å². The highest BCUT2D eigenvalue weighted by molar-refractivity contribution is 6.23. The summed E-state index contributed by atoms with van der Waals surface area (Å²) >= 11 is 0. The lowest BCUT2D eigenvalue weighted by Gasteiger charge is -2.50. The van der Waals surface area contributed by atoms with E-state index in [1.165, 1.54) is 18.1 Å². The molecule has 1 fully saturated rings. The summed E-state index contributed by atoms with van der Waals surface area (Å²) in [6.45, 7) is 3.71. The first-order valence-corrected chi connectivity index (χ1v) is 11.2. The van der Waals surface area contributed by atoms with Gasteiger partial charge < -0.3 is 19.1 Å². The zero-order chi connectivity index (χ0) is 25.3. The molecule has 3 amide bonds. The first kappa shape index (κ1) is 24.0. The number of hydrogen-bond donors (Lipinski definition) is 0. The van der Waals surface area contributed by atoms with E-state index in [2.05, 4.69) is 0 Å². The highest BCUT2D eigenvalue weighted by Crippen LogP contribution is 2.38. The van der Waals surface area contributed by atoms with Crippen LogP contribution in [-0.4, -0.2) is 66.4 Å². The van der Waals surface area contributed by atoms with Crippen LogP contribution in [0.1, 0.15) is 40.1 Å². The average Bonchev–Trinajstić information content (AvgIpc) is 3.10. The fraction of sp³-hybridized carbons (Fsp3) is 0.308. The number of imide groups is 1. The van der Waals surface area contributed by atoms with Crippen LogP contribution in [0.15, 0.2) is 54.1 Å². The Morgan fingerprint density at radius 3 is 2.23 bits per heavy atom. The second-order valence-electron chi connectivity index (χ2n) is 8.20. The maximum Gasteiger partial charge on any atom is 0.330 e. The second-order valence-corrected chi connectivity index (χ2v) is 8.20. The molecular formula is C26H26N2O7. The third kappa shape index (κ3) is 4.14. The Labute approximate surface area is 202 Å². The second kappa shape index (κ2) is 9.61. The lowest BCUT2D eigenvalue weighted by atomic mass is 9.86. The van der Waals surface area contributed by atoms with E-state index in [4.69, 9.17) is 14.2 Å². The summed E-state index contributed by atoms with van der Waals surface area (Å²) in [6.07, 6.45) is 1.30. The topological polar surface area (TPSA) is 102 Å². The lowest BCUT2D eigenvalue weighted by molar-refractivity contribution is -0.154. The number of fused-ring (bicyclic) bond motifs is 1. The van der Waals surface area contributed by atoms with Crippen molar-refractivity contribution in [3.05, 3.63) is 70.8 Å². The SMILES string of the molecule is CCOC(=O)/C=C(\C)[C@@H]1[C@H](N2C(=O)c3ccccc3C2=O)C(=O)N1Cc1ccc(OC)cc1OC. The number of benzene rings is 2. The smallest absolute Gasteiger partial charge is 0.330 e.